The van der Waals surface area contributed by atoms with Gasteiger partial charge in [-0.2, -0.15) is 0 Å². The number of para-hydroxylation sites is 1. The molecule has 4 rings (SSSR count). The molecule has 5 nitrogen and oxygen atoms in total. The van der Waals surface area contributed by atoms with E-state index in [1.165, 1.54) is 26.0 Å². The van der Waals surface area contributed by atoms with Crippen molar-refractivity contribution in [2.75, 3.05) is 25.2 Å². The summed E-state index contributed by atoms with van der Waals surface area (Å²) in [7, 11) is -2.29. The van der Waals surface area contributed by atoms with E-state index in [9.17, 15) is 12.8 Å². The summed E-state index contributed by atoms with van der Waals surface area (Å²) in [6, 6.07) is 10.2. The first kappa shape index (κ1) is 20.3. The Morgan fingerprint density at radius 1 is 1.27 bits per heavy atom. The van der Waals surface area contributed by atoms with Gasteiger partial charge in [-0.15, -0.1) is 0 Å². The summed E-state index contributed by atoms with van der Waals surface area (Å²) in [6.07, 6.45) is 4.39. The van der Waals surface area contributed by atoms with Crippen molar-refractivity contribution in [3.63, 3.8) is 0 Å². The molecule has 7 heteroatoms. The number of rotatable bonds is 6. The fraction of sp³-hybridized carbons (Fsp3) is 0.304. The number of halogens is 1. The fourth-order valence-corrected chi connectivity index (χ4v) is 4.14. The molecule has 1 saturated carbocycles. The van der Waals surface area contributed by atoms with Crippen molar-refractivity contribution < 1.29 is 22.0 Å². The molecule has 1 aliphatic rings. The minimum absolute atomic E-state index is 0.216. The number of sulfone groups is 1. The van der Waals surface area contributed by atoms with Crippen molar-refractivity contribution in [3.05, 3.63) is 53.5 Å². The monoisotopic (exact) mass is 427 g/mol. The minimum atomic E-state index is -3.69. The second kappa shape index (κ2) is 8.04. The average Bonchev–Trinajstić information content (AvgIpc) is 3.46. The molecule has 0 saturated heterocycles. The molecule has 0 unspecified atom stereocenters. The highest BCUT2D eigenvalue weighted by molar-refractivity contribution is 7.90. The van der Waals surface area contributed by atoms with Crippen LogP contribution in [0.5, 0.6) is 5.75 Å². The molecule has 0 spiro atoms. The van der Waals surface area contributed by atoms with Gasteiger partial charge in [-0.3, -0.25) is 0 Å². The van der Waals surface area contributed by atoms with E-state index in [1.807, 2.05) is 18.2 Å². The van der Waals surface area contributed by atoms with Crippen molar-refractivity contribution in [3.8, 4) is 17.6 Å². The quantitative estimate of drug-likeness (QED) is 0.591. The number of furan rings is 1. The van der Waals surface area contributed by atoms with Gasteiger partial charge in [0.2, 0.25) is 0 Å². The van der Waals surface area contributed by atoms with Crippen molar-refractivity contribution in [1.29, 1.82) is 0 Å². The number of anilines is 1. The van der Waals surface area contributed by atoms with Gasteiger partial charge in [-0.1, -0.05) is 24.1 Å². The zero-order valence-electron chi connectivity index (χ0n) is 16.8. The Balaban J connectivity index is 1.55. The van der Waals surface area contributed by atoms with Gasteiger partial charge in [0.05, 0.1) is 19.3 Å². The number of benzene rings is 2. The molecule has 0 atom stereocenters. The van der Waals surface area contributed by atoms with Gasteiger partial charge in [0.1, 0.15) is 22.0 Å². The molecule has 30 heavy (non-hydrogen) atoms. The number of hydrogen-bond acceptors (Lipinski definition) is 5. The maximum Gasteiger partial charge on any atom is 0.181 e. The van der Waals surface area contributed by atoms with Crippen LogP contribution in [0.1, 0.15) is 24.2 Å². The maximum absolute atomic E-state index is 14.2. The number of nitrogens with one attached hydrogen (secondary N) is 1. The second-order valence-electron chi connectivity index (χ2n) is 7.46. The molecule has 0 bridgehead atoms. The Labute approximate surface area is 175 Å². The standard InChI is InChI=1S/C23H22FNO4S/c1-28-22-14-23(30(2,26)27)18(24)13-19(22)25-11-5-8-21-17(12-15-9-10-15)16-6-3-4-7-20(16)29-21/h3-4,6-7,13-15,25H,9-12H2,1-2H3. The van der Waals surface area contributed by atoms with Gasteiger partial charge in [0.25, 0.3) is 0 Å². The molecule has 0 amide bonds. The highest BCUT2D eigenvalue weighted by Gasteiger charge is 2.25. The van der Waals surface area contributed by atoms with Crippen LogP contribution in [0.2, 0.25) is 0 Å². The van der Waals surface area contributed by atoms with Crippen molar-refractivity contribution in [2.45, 2.75) is 24.2 Å². The normalized spacial score (nSPS) is 13.7. The van der Waals surface area contributed by atoms with Crippen LogP contribution >= 0.6 is 0 Å². The zero-order valence-corrected chi connectivity index (χ0v) is 17.6. The minimum Gasteiger partial charge on any atom is -0.495 e. The number of hydrogen-bond donors (Lipinski definition) is 1. The third-order valence-electron chi connectivity index (χ3n) is 5.11. The van der Waals surface area contributed by atoms with E-state index in [-0.39, 0.29) is 12.3 Å². The summed E-state index contributed by atoms with van der Waals surface area (Å²) in [5.74, 6) is 6.85. The van der Waals surface area contributed by atoms with Crippen LogP contribution in [0.25, 0.3) is 11.0 Å². The third-order valence-corrected chi connectivity index (χ3v) is 6.22. The van der Waals surface area contributed by atoms with E-state index >= 15 is 0 Å². The first-order valence-electron chi connectivity index (χ1n) is 9.67. The molecule has 1 aromatic heterocycles. The fourth-order valence-electron chi connectivity index (χ4n) is 3.40. The van der Waals surface area contributed by atoms with Gasteiger partial charge >= 0.3 is 0 Å². The van der Waals surface area contributed by atoms with Crippen molar-refractivity contribution in [1.82, 2.24) is 0 Å². The molecule has 0 aliphatic heterocycles. The van der Waals surface area contributed by atoms with E-state index in [0.717, 1.165) is 35.3 Å². The zero-order chi connectivity index (χ0) is 21.3. The van der Waals surface area contributed by atoms with Crippen molar-refractivity contribution in [2.24, 2.45) is 5.92 Å². The van der Waals surface area contributed by atoms with Crippen LogP contribution in [0, 0.1) is 23.6 Å². The average molecular weight is 427 g/mol. The predicted molar refractivity (Wildman–Crippen MR) is 114 cm³/mol. The van der Waals surface area contributed by atoms with E-state index in [4.69, 9.17) is 9.15 Å². The Bertz CT molecular complexity index is 1260. The third kappa shape index (κ3) is 4.29. The smallest absolute Gasteiger partial charge is 0.181 e. The lowest BCUT2D eigenvalue weighted by molar-refractivity contribution is 0.413. The van der Waals surface area contributed by atoms with Gasteiger partial charge < -0.3 is 14.5 Å². The summed E-state index contributed by atoms with van der Waals surface area (Å²) in [4.78, 5) is -0.400. The summed E-state index contributed by atoms with van der Waals surface area (Å²) in [5, 5.41) is 4.08. The van der Waals surface area contributed by atoms with Gasteiger partial charge in [-0.05, 0) is 37.2 Å². The molecule has 2 aromatic carbocycles. The second-order valence-corrected chi connectivity index (χ2v) is 9.45. The van der Waals surface area contributed by atoms with Crippen LogP contribution < -0.4 is 10.1 Å². The van der Waals surface area contributed by atoms with Gasteiger partial charge in [0.15, 0.2) is 15.6 Å². The van der Waals surface area contributed by atoms with Crippen LogP contribution in [0.4, 0.5) is 10.1 Å². The lowest BCUT2D eigenvalue weighted by Crippen LogP contribution is -2.06. The van der Waals surface area contributed by atoms with E-state index in [0.29, 0.717) is 17.4 Å². The van der Waals surface area contributed by atoms with Gasteiger partial charge in [0, 0.05) is 29.3 Å². The van der Waals surface area contributed by atoms with Crippen LogP contribution in [-0.2, 0) is 16.3 Å². The number of ether oxygens (including phenoxy) is 1. The van der Waals surface area contributed by atoms with Crippen LogP contribution in [0.15, 0.2) is 45.7 Å². The SMILES string of the molecule is COc1cc(S(C)(=O)=O)c(F)cc1NCC#Cc1oc2ccccc2c1CC1CC1. The molecule has 1 aliphatic carbocycles. The molecular formula is C23H22FNO4S. The largest absolute Gasteiger partial charge is 0.495 e. The first-order chi connectivity index (χ1) is 14.4. The topological polar surface area (TPSA) is 68.5 Å². The predicted octanol–water partition coefficient (Wildman–Crippen LogP) is 4.40. The highest BCUT2D eigenvalue weighted by atomic mass is 32.2. The summed E-state index contributed by atoms with van der Waals surface area (Å²) >= 11 is 0. The Morgan fingerprint density at radius 3 is 2.73 bits per heavy atom. The summed E-state index contributed by atoms with van der Waals surface area (Å²) in [6.45, 7) is 0.216. The van der Waals surface area contributed by atoms with Crippen LogP contribution in [0.3, 0.4) is 0 Å². The molecular weight excluding hydrogens is 405 g/mol. The Morgan fingerprint density at radius 2 is 2.03 bits per heavy atom. The number of fused-ring (bicyclic) bond motifs is 1. The molecule has 156 valence electrons. The van der Waals surface area contributed by atoms with E-state index < -0.39 is 20.5 Å². The van der Waals surface area contributed by atoms with E-state index in [1.54, 1.807) is 0 Å². The Hall–Kier alpha value is -2.98. The molecule has 1 fully saturated rings. The molecule has 1 N–H and O–H groups in total. The maximum atomic E-state index is 14.2. The summed E-state index contributed by atoms with van der Waals surface area (Å²) < 4.78 is 48.7. The van der Waals surface area contributed by atoms with Gasteiger partial charge in [-0.25, -0.2) is 12.8 Å². The molecule has 1 heterocycles. The highest BCUT2D eigenvalue weighted by Crippen LogP contribution is 2.37. The molecule has 0 radical (unpaired) electrons. The lowest BCUT2D eigenvalue weighted by atomic mass is 10.0. The van der Waals surface area contributed by atoms with Crippen LogP contribution in [-0.4, -0.2) is 28.3 Å². The number of methoxy groups -OCH3 is 1. The molecule has 3 aromatic rings. The summed E-state index contributed by atoms with van der Waals surface area (Å²) in [5.41, 5.74) is 2.30. The lowest BCUT2D eigenvalue weighted by Gasteiger charge is -2.11. The van der Waals surface area contributed by atoms with E-state index in [2.05, 4.69) is 23.2 Å². The van der Waals surface area contributed by atoms with Crippen molar-refractivity contribution >= 4 is 26.5 Å². The Kier molecular flexibility index (Phi) is 5.44. The first-order valence-corrected chi connectivity index (χ1v) is 11.6.